The molecular weight excluding hydrogens is 156 g/mol. The second kappa shape index (κ2) is 4.10. The molecule has 0 radical (unpaired) electrons. The van der Waals surface area contributed by atoms with Crippen molar-refractivity contribution in [1.82, 2.24) is 4.72 Å². The van der Waals surface area contributed by atoms with Crippen molar-refractivity contribution in [2.75, 3.05) is 6.54 Å². The molecule has 0 aromatic rings. The molecule has 7 heteroatoms. The van der Waals surface area contributed by atoms with Gasteiger partial charge in [0.2, 0.25) is 0 Å². The predicted octanol–water partition coefficient (Wildman–Crippen LogP) is 0.541. The van der Waals surface area contributed by atoms with Crippen LogP contribution in [0.25, 0.3) is 10.4 Å². The van der Waals surface area contributed by atoms with E-state index >= 15 is 0 Å². The quantitative estimate of drug-likeness (QED) is 0.373. The number of rotatable bonds is 4. The Morgan fingerprint density at radius 3 is 2.70 bits per heavy atom. The van der Waals surface area contributed by atoms with Crippen LogP contribution < -0.4 is 4.72 Å². The molecule has 0 aliphatic carbocycles. The standard InChI is InChI=1S/C3H8N4O2S/c1-2-3-5-10(8,9)7-6-4/h5H,2-3H2,1H3. The molecule has 58 valence electrons. The number of azide groups is 1. The van der Waals surface area contributed by atoms with Crippen LogP contribution in [0.3, 0.4) is 0 Å². The fraction of sp³-hybridized carbons (Fsp3) is 1.00. The van der Waals surface area contributed by atoms with Crippen LogP contribution in [-0.2, 0) is 10.2 Å². The second-order valence-electron chi connectivity index (χ2n) is 1.54. The highest BCUT2D eigenvalue weighted by Gasteiger charge is 2.02. The fourth-order valence-corrected chi connectivity index (χ4v) is 0.924. The van der Waals surface area contributed by atoms with Crippen LogP contribution in [0.15, 0.2) is 4.52 Å². The van der Waals surface area contributed by atoms with Crippen LogP contribution >= 0.6 is 0 Å². The van der Waals surface area contributed by atoms with Crippen molar-refractivity contribution in [2.24, 2.45) is 4.52 Å². The van der Waals surface area contributed by atoms with Gasteiger partial charge >= 0.3 is 0 Å². The van der Waals surface area contributed by atoms with Crippen LogP contribution in [0, 0.1) is 0 Å². The van der Waals surface area contributed by atoms with Gasteiger partial charge in [0.25, 0.3) is 10.2 Å². The predicted molar refractivity (Wildman–Crippen MR) is 36.4 cm³/mol. The average Bonchev–Trinajstić information content (AvgIpc) is 1.84. The molecule has 10 heavy (non-hydrogen) atoms. The lowest BCUT2D eigenvalue weighted by molar-refractivity contribution is 0.582. The van der Waals surface area contributed by atoms with E-state index < -0.39 is 10.2 Å². The molecular formula is C3H8N4O2S. The average molecular weight is 164 g/mol. The molecule has 0 fully saturated rings. The van der Waals surface area contributed by atoms with E-state index in [1.807, 2.05) is 0 Å². The zero-order valence-corrected chi connectivity index (χ0v) is 6.30. The first kappa shape index (κ1) is 9.22. The van der Waals surface area contributed by atoms with Gasteiger partial charge in [-0.25, -0.2) is 13.1 Å². The van der Waals surface area contributed by atoms with Crippen molar-refractivity contribution in [2.45, 2.75) is 13.3 Å². The van der Waals surface area contributed by atoms with Crippen molar-refractivity contribution in [3.63, 3.8) is 0 Å². The first-order valence-corrected chi connectivity index (χ1v) is 4.12. The summed E-state index contributed by atoms with van der Waals surface area (Å²) in [6, 6.07) is 0. The SMILES string of the molecule is CCCNS(=O)(=O)N=[N+]=[N-]. The summed E-state index contributed by atoms with van der Waals surface area (Å²) in [5.41, 5.74) is 7.74. The molecule has 1 N–H and O–H groups in total. The van der Waals surface area contributed by atoms with Crippen molar-refractivity contribution in [3.8, 4) is 0 Å². The number of hydrogen-bond acceptors (Lipinski definition) is 2. The van der Waals surface area contributed by atoms with Crippen molar-refractivity contribution < 1.29 is 8.42 Å². The maximum Gasteiger partial charge on any atom is 0.300 e. The molecule has 0 heterocycles. The molecule has 0 saturated heterocycles. The molecule has 0 amide bonds. The molecule has 0 aliphatic heterocycles. The minimum atomic E-state index is -3.74. The Hall–Kier alpha value is -0.780. The van der Waals surface area contributed by atoms with Gasteiger partial charge in [-0.05, 0) is 12.0 Å². The van der Waals surface area contributed by atoms with E-state index in [-0.39, 0.29) is 0 Å². The Morgan fingerprint density at radius 1 is 1.70 bits per heavy atom. The highest BCUT2D eigenvalue weighted by Crippen LogP contribution is 1.85. The monoisotopic (exact) mass is 164 g/mol. The normalized spacial score (nSPS) is 10.5. The third-order valence-electron chi connectivity index (χ3n) is 0.678. The van der Waals surface area contributed by atoms with Gasteiger partial charge in [-0.15, -0.1) is 0 Å². The minimum absolute atomic E-state index is 0.293. The van der Waals surface area contributed by atoms with E-state index in [9.17, 15) is 8.42 Å². The van der Waals surface area contributed by atoms with Crippen LogP contribution in [0.2, 0.25) is 0 Å². The molecule has 0 saturated carbocycles. The van der Waals surface area contributed by atoms with Gasteiger partial charge < -0.3 is 0 Å². The number of hydrogen-bond donors (Lipinski definition) is 1. The van der Waals surface area contributed by atoms with Crippen molar-refractivity contribution in [1.29, 1.82) is 0 Å². The van der Waals surface area contributed by atoms with E-state index in [0.29, 0.717) is 13.0 Å². The lowest BCUT2D eigenvalue weighted by atomic mass is 10.5. The smallest absolute Gasteiger partial charge is 0.209 e. The molecule has 0 bridgehead atoms. The summed E-state index contributed by atoms with van der Waals surface area (Å²) < 4.78 is 25.5. The largest absolute Gasteiger partial charge is 0.300 e. The van der Waals surface area contributed by atoms with Gasteiger partial charge in [-0.3, -0.25) is 0 Å². The highest BCUT2D eigenvalue weighted by molar-refractivity contribution is 7.88. The van der Waals surface area contributed by atoms with Crippen molar-refractivity contribution >= 4 is 10.2 Å². The Kier molecular flexibility index (Phi) is 3.78. The zero-order chi connectivity index (χ0) is 8.04. The summed E-state index contributed by atoms with van der Waals surface area (Å²) in [6.45, 7) is 2.10. The summed E-state index contributed by atoms with van der Waals surface area (Å²) in [7, 11) is -3.74. The Morgan fingerprint density at radius 2 is 2.30 bits per heavy atom. The van der Waals surface area contributed by atoms with Gasteiger partial charge in [0, 0.05) is 16.0 Å². The molecule has 0 aromatic heterocycles. The van der Waals surface area contributed by atoms with E-state index in [2.05, 4.69) is 14.2 Å². The zero-order valence-electron chi connectivity index (χ0n) is 5.48. The lowest BCUT2D eigenvalue weighted by Gasteiger charge is -1.94. The van der Waals surface area contributed by atoms with E-state index in [1.54, 1.807) is 6.92 Å². The third-order valence-corrected chi connectivity index (χ3v) is 1.54. The summed E-state index contributed by atoms with van der Waals surface area (Å²) >= 11 is 0. The lowest BCUT2D eigenvalue weighted by Crippen LogP contribution is -2.21. The topological polar surface area (TPSA) is 94.9 Å². The molecule has 6 nitrogen and oxygen atoms in total. The molecule has 0 spiro atoms. The summed E-state index contributed by atoms with van der Waals surface area (Å²) in [6.07, 6.45) is 0.667. The summed E-state index contributed by atoms with van der Waals surface area (Å²) in [4.78, 5) is 2.13. The van der Waals surface area contributed by atoms with E-state index in [0.717, 1.165) is 0 Å². The Balaban J connectivity index is 4.02. The van der Waals surface area contributed by atoms with E-state index in [4.69, 9.17) is 5.53 Å². The second-order valence-corrected chi connectivity index (χ2v) is 2.94. The van der Waals surface area contributed by atoms with Gasteiger partial charge in [-0.1, -0.05) is 6.92 Å². The number of nitrogens with one attached hydrogen (secondary N) is 1. The maximum atomic E-state index is 10.5. The highest BCUT2D eigenvalue weighted by atomic mass is 32.2. The third kappa shape index (κ3) is 4.13. The molecule has 0 aromatic carbocycles. The first-order chi connectivity index (χ1) is 4.62. The van der Waals surface area contributed by atoms with Gasteiger partial charge in [0.15, 0.2) is 0 Å². The van der Waals surface area contributed by atoms with Crippen LogP contribution in [-0.4, -0.2) is 15.0 Å². The number of nitrogens with zero attached hydrogens (tertiary/aromatic N) is 3. The molecule has 0 rings (SSSR count). The van der Waals surface area contributed by atoms with Gasteiger partial charge in [0.05, 0.1) is 0 Å². The molecule has 0 aliphatic rings. The van der Waals surface area contributed by atoms with Crippen LogP contribution in [0.4, 0.5) is 0 Å². The Bertz CT molecular complexity index is 227. The fourth-order valence-electron chi connectivity index (χ4n) is 0.308. The molecule has 0 unspecified atom stereocenters. The molecule has 0 atom stereocenters. The first-order valence-electron chi connectivity index (χ1n) is 2.68. The summed E-state index contributed by atoms with van der Waals surface area (Å²) in [5.74, 6) is 0. The van der Waals surface area contributed by atoms with Gasteiger partial charge in [-0.2, -0.15) is 0 Å². The van der Waals surface area contributed by atoms with Gasteiger partial charge in [0.1, 0.15) is 0 Å². The summed E-state index contributed by atoms with van der Waals surface area (Å²) in [5, 5.41) is 0. The van der Waals surface area contributed by atoms with Crippen molar-refractivity contribution in [3.05, 3.63) is 10.4 Å². The van der Waals surface area contributed by atoms with Crippen LogP contribution in [0.1, 0.15) is 13.3 Å². The Labute approximate surface area is 59.0 Å². The van der Waals surface area contributed by atoms with E-state index in [1.165, 1.54) is 0 Å². The minimum Gasteiger partial charge on any atom is -0.209 e. The maximum absolute atomic E-state index is 10.5. The van der Waals surface area contributed by atoms with Crippen LogP contribution in [0.5, 0.6) is 0 Å².